The number of pyridine rings is 1. The number of H-pyrrole nitrogens is 1. The van der Waals surface area contributed by atoms with Crippen molar-refractivity contribution in [3.8, 4) is 0 Å². The molecular formula is C28H31N3O4S. The Morgan fingerprint density at radius 2 is 1.64 bits per heavy atom. The third kappa shape index (κ3) is 5.88. The number of nitrogens with one attached hydrogen (secondary N) is 2. The predicted molar refractivity (Wildman–Crippen MR) is 144 cm³/mol. The lowest BCUT2D eigenvalue weighted by molar-refractivity contribution is -0.120. The van der Waals surface area contributed by atoms with Crippen molar-refractivity contribution >= 4 is 28.3 Å². The van der Waals surface area contributed by atoms with Crippen molar-refractivity contribution in [3.63, 3.8) is 0 Å². The zero-order valence-corrected chi connectivity index (χ0v) is 21.9. The molecule has 2 aromatic carbocycles. The summed E-state index contributed by atoms with van der Waals surface area (Å²) >= 11 is 0. The standard InChI is InChI=1S/C28H31N3O4S/c1-18(2)28(3,4)21-10-12-22(13-11-21)30-26(33)25(19-7-14-23(15-8-19)36(6)35)31(5)27(34)20-9-16-24(32)29-17-20/h7-17,25H,1H2,2-6H3,(H,29,32)(H,30,33). The van der Waals surface area contributed by atoms with E-state index in [-0.39, 0.29) is 16.5 Å². The number of carbonyl (C=O) groups is 2. The summed E-state index contributed by atoms with van der Waals surface area (Å²) in [4.78, 5) is 42.5. The predicted octanol–water partition coefficient (Wildman–Crippen LogP) is 4.42. The number of anilines is 1. The fraction of sp³-hybridized carbons (Fsp3) is 0.250. The Bertz CT molecular complexity index is 1340. The highest BCUT2D eigenvalue weighted by Crippen LogP contribution is 2.31. The Morgan fingerprint density at radius 1 is 1.03 bits per heavy atom. The number of allylic oxidation sites excluding steroid dienone is 1. The molecule has 2 unspecified atom stereocenters. The van der Waals surface area contributed by atoms with Gasteiger partial charge >= 0.3 is 0 Å². The Hall–Kier alpha value is -3.78. The number of amides is 2. The second-order valence-corrected chi connectivity index (χ2v) is 10.6. The Morgan fingerprint density at radius 3 is 2.14 bits per heavy atom. The van der Waals surface area contributed by atoms with Crippen molar-refractivity contribution < 1.29 is 13.8 Å². The first-order chi connectivity index (χ1) is 16.9. The third-order valence-corrected chi connectivity index (χ3v) is 7.39. The van der Waals surface area contributed by atoms with Gasteiger partial charge in [0, 0.05) is 52.4 Å². The van der Waals surface area contributed by atoms with Crippen LogP contribution in [-0.2, 0) is 21.0 Å². The van der Waals surface area contributed by atoms with Crippen molar-refractivity contribution in [3.05, 3.63) is 106 Å². The van der Waals surface area contributed by atoms with Crippen LogP contribution in [0.15, 0.2) is 88.7 Å². The van der Waals surface area contributed by atoms with Crippen LogP contribution in [0.1, 0.15) is 48.3 Å². The highest BCUT2D eigenvalue weighted by atomic mass is 32.2. The molecule has 0 aliphatic carbocycles. The van der Waals surface area contributed by atoms with E-state index in [2.05, 4.69) is 30.7 Å². The van der Waals surface area contributed by atoms with E-state index in [0.717, 1.165) is 11.1 Å². The summed E-state index contributed by atoms with van der Waals surface area (Å²) in [5, 5.41) is 2.91. The Labute approximate surface area is 213 Å². The Balaban J connectivity index is 1.93. The fourth-order valence-electron chi connectivity index (χ4n) is 3.68. The number of rotatable bonds is 8. The van der Waals surface area contributed by atoms with Crippen molar-refractivity contribution in [2.24, 2.45) is 0 Å². The molecule has 1 aromatic heterocycles. The highest BCUT2D eigenvalue weighted by Gasteiger charge is 2.30. The molecule has 2 amide bonds. The average Bonchev–Trinajstić information content (AvgIpc) is 2.84. The number of hydrogen-bond acceptors (Lipinski definition) is 4. The van der Waals surface area contributed by atoms with Crippen molar-refractivity contribution in [2.75, 3.05) is 18.6 Å². The minimum absolute atomic E-state index is 0.213. The van der Waals surface area contributed by atoms with Crippen LogP contribution in [-0.4, -0.2) is 39.2 Å². The van der Waals surface area contributed by atoms with E-state index in [1.165, 1.54) is 30.3 Å². The SMILES string of the molecule is C=C(C)C(C)(C)c1ccc(NC(=O)C(c2ccc(S(C)=O)cc2)N(C)C(=O)c2ccc(=O)[nH]c2)cc1. The number of likely N-dealkylation sites (N-methyl/N-ethyl adjacent to an activating group) is 1. The molecule has 0 aliphatic rings. The fourth-order valence-corrected chi connectivity index (χ4v) is 4.20. The van der Waals surface area contributed by atoms with E-state index in [4.69, 9.17) is 0 Å². The molecule has 0 saturated heterocycles. The lowest BCUT2D eigenvalue weighted by Gasteiger charge is -2.28. The summed E-state index contributed by atoms with van der Waals surface area (Å²) in [7, 11) is 0.351. The number of nitrogens with zero attached hydrogens (tertiary/aromatic N) is 1. The number of hydrogen-bond donors (Lipinski definition) is 2. The molecule has 0 spiro atoms. The molecule has 2 N–H and O–H groups in total. The van der Waals surface area contributed by atoms with Gasteiger partial charge < -0.3 is 15.2 Å². The summed E-state index contributed by atoms with van der Waals surface area (Å²) in [5.41, 5.74) is 2.94. The molecule has 2 atom stereocenters. The van der Waals surface area contributed by atoms with Gasteiger partial charge in [-0.3, -0.25) is 18.6 Å². The van der Waals surface area contributed by atoms with Crippen molar-refractivity contribution in [1.29, 1.82) is 0 Å². The van der Waals surface area contributed by atoms with Gasteiger partial charge in [-0.15, -0.1) is 0 Å². The second-order valence-electron chi connectivity index (χ2n) is 9.26. The molecule has 0 radical (unpaired) electrons. The monoisotopic (exact) mass is 505 g/mol. The largest absolute Gasteiger partial charge is 0.328 e. The molecule has 0 bridgehead atoms. The molecular weight excluding hydrogens is 474 g/mol. The van der Waals surface area contributed by atoms with Gasteiger partial charge in [0.05, 0.1) is 5.56 Å². The number of aromatic nitrogens is 1. The summed E-state index contributed by atoms with van der Waals surface area (Å²) in [5.74, 6) is -0.847. The molecule has 3 aromatic rings. The molecule has 7 nitrogen and oxygen atoms in total. The minimum Gasteiger partial charge on any atom is -0.328 e. The van der Waals surface area contributed by atoms with Crippen LogP contribution in [0, 0.1) is 0 Å². The van der Waals surface area contributed by atoms with E-state index in [1.54, 1.807) is 30.5 Å². The Kier molecular flexibility index (Phi) is 8.10. The van der Waals surface area contributed by atoms with Gasteiger partial charge in [-0.1, -0.05) is 50.3 Å². The van der Waals surface area contributed by atoms with Gasteiger partial charge in [-0.25, -0.2) is 0 Å². The zero-order valence-electron chi connectivity index (χ0n) is 21.1. The second kappa shape index (κ2) is 10.9. The molecule has 36 heavy (non-hydrogen) atoms. The van der Waals surface area contributed by atoms with Crippen molar-refractivity contribution in [1.82, 2.24) is 9.88 Å². The number of aromatic amines is 1. The van der Waals surface area contributed by atoms with Gasteiger partial charge in [-0.2, -0.15) is 0 Å². The van der Waals surface area contributed by atoms with Crippen molar-refractivity contribution in [2.45, 2.75) is 37.1 Å². The third-order valence-electron chi connectivity index (χ3n) is 6.46. The van der Waals surface area contributed by atoms with E-state index in [0.29, 0.717) is 16.1 Å². The van der Waals surface area contributed by atoms with Crippen LogP contribution in [0.25, 0.3) is 0 Å². The maximum atomic E-state index is 13.5. The quantitative estimate of drug-likeness (QED) is 0.443. The zero-order chi connectivity index (χ0) is 26.6. The molecule has 3 rings (SSSR count). The van der Waals surface area contributed by atoms with E-state index in [9.17, 15) is 18.6 Å². The highest BCUT2D eigenvalue weighted by molar-refractivity contribution is 7.84. The summed E-state index contributed by atoms with van der Waals surface area (Å²) in [6.45, 7) is 10.2. The number of carbonyl (C=O) groups excluding carboxylic acids is 2. The van der Waals surface area contributed by atoms with Crippen LogP contribution >= 0.6 is 0 Å². The van der Waals surface area contributed by atoms with E-state index in [1.807, 2.05) is 31.2 Å². The van der Waals surface area contributed by atoms with Gasteiger partial charge in [0.2, 0.25) is 5.56 Å². The lowest BCUT2D eigenvalue weighted by atomic mass is 9.79. The topological polar surface area (TPSA) is 99.3 Å². The molecule has 0 aliphatic heterocycles. The first kappa shape index (κ1) is 26.8. The van der Waals surface area contributed by atoms with Gasteiger partial charge in [0.15, 0.2) is 0 Å². The normalized spacial score (nSPS) is 12.9. The smallest absolute Gasteiger partial charge is 0.256 e. The number of benzene rings is 2. The molecule has 0 fully saturated rings. The van der Waals surface area contributed by atoms with Crippen LogP contribution in [0.2, 0.25) is 0 Å². The maximum Gasteiger partial charge on any atom is 0.256 e. The van der Waals surface area contributed by atoms with Crippen LogP contribution < -0.4 is 10.9 Å². The van der Waals surface area contributed by atoms with Crippen LogP contribution in [0.3, 0.4) is 0 Å². The van der Waals surface area contributed by atoms with E-state index < -0.39 is 28.7 Å². The average molecular weight is 506 g/mol. The first-order valence-corrected chi connectivity index (χ1v) is 12.9. The first-order valence-electron chi connectivity index (χ1n) is 11.4. The molecule has 1 heterocycles. The minimum atomic E-state index is -1.18. The molecule has 8 heteroatoms. The van der Waals surface area contributed by atoms with Gasteiger partial charge in [0.25, 0.3) is 11.8 Å². The van der Waals surface area contributed by atoms with Crippen LogP contribution in [0.5, 0.6) is 0 Å². The van der Waals surface area contributed by atoms with E-state index >= 15 is 0 Å². The summed E-state index contributed by atoms with van der Waals surface area (Å²) in [6, 6.07) is 16.0. The summed E-state index contributed by atoms with van der Waals surface area (Å²) in [6.07, 6.45) is 2.89. The lowest BCUT2D eigenvalue weighted by Crippen LogP contribution is -2.39. The van der Waals surface area contributed by atoms with Crippen LogP contribution in [0.4, 0.5) is 5.69 Å². The van der Waals surface area contributed by atoms with Gasteiger partial charge in [0.1, 0.15) is 6.04 Å². The molecule has 188 valence electrons. The summed E-state index contributed by atoms with van der Waals surface area (Å²) < 4.78 is 11.8. The molecule has 0 saturated carbocycles. The maximum absolute atomic E-state index is 13.5. The van der Waals surface area contributed by atoms with Gasteiger partial charge in [-0.05, 0) is 48.4 Å².